The van der Waals surface area contributed by atoms with Crippen molar-refractivity contribution in [3.63, 3.8) is 0 Å². The molecule has 234 valence electrons. The molecule has 3 aliphatic rings. The number of anilines is 1. The molecule has 8 nitrogen and oxygen atoms in total. The molecule has 2 aliphatic heterocycles. The van der Waals surface area contributed by atoms with E-state index in [-0.39, 0.29) is 12.5 Å². The van der Waals surface area contributed by atoms with Crippen LogP contribution in [-0.4, -0.2) is 62.9 Å². The van der Waals surface area contributed by atoms with Crippen LogP contribution in [0.1, 0.15) is 76.8 Å². The second-order valence-electron chi connectivity index (χ2n) is 12.6. The summed E-state index contributed by atoms with van der Waals surface area (Å²) in [6.07, 6.45) is 5.73. The van der Waals surface area contributed by atoms with Crippen molar-refractivity contribution in [1.82, 2.24) is 10.2 Å². The molecule has 2 saturated heterocycles. The fourth-order valence-electron chi connectivity index (χ4n) is 6.78. The van der Waals surface area contributed by atoms with Gasteiger partial charge in [-0.05, 0) is 92.8 Å². The molecule has 0 unspecified atom stereocenters. The van der Waals surface area contributed by atoms with Gasteiger partial charge in [0.25, 0.3) is 5.91 Å². The number of aryl methyl sites for hydroxylation is 1. The fourth-order valence-corrected chi connectivity index (χ4v) is 6.78. The number of ether oxygens (including phenoxy) is 2. The summed E-state index contributed by atoms with van der Waals surface area (Å²) in [5, 5.41) is 16.0. The van der Waals surface area contributed by atoms with E-state index in [0.717, 1.165) is 117 Å². The van der Waals surface area contributed by atoms with E-state index >= 15 is 0 Å². The van der Waals surface area contributed by atoms with Crippen molar-refractivity contribution in [2.45, 2.75) is 71.5 Å². The molecule has 1 N–H and O–H groups in total. The minimum atomic E-state index is -0.153. The summed E-state index contributed by atoms with van der Waals surface area (Å²) >= 11 is 0. The summed E-state index contributed by atoms with van der Waals surface area (Å²) in [4.78, 5) is 18.8. The highest BCUT2D eigenvalue weighted by Crippen LogP contribution is 2.41. The minimum absolute atomic E-state index is 0.153. The zero-order valence-corrected chi connectivity index (χ0v) is 26.4. The van der Waals surface area contributed by atoms with Gasteiger partial charge in [0, 0.05) is 67.8 Å². The minimum Gasteiger partial charge on any atom is -0.618 e. The Morgan fingerprint density at radius 3 is 2.36 bits per heavy atom. The molecular weight excluding hydrogens is 552 g/mol. The quantitative estimate of drug-likeness (QED) is 0.254. The Bertz CT molecular complexity index is 1460. The lowest BCUT2D eigenvalue weighted by molar-refractivity contribution is -0.615. The van der Waals surface area contributed by atoms with Gasteiger partial charge in [0.2, 0.25) is 5.69 Å². The Balaban J connectivity index is 1.31. The Labute approximate surface area is 261 Å². The van der Waals surface area contributed by atoms with Crippen molar-refractivity contribution in [1.29, 1.82) is 0 Å². The second-order valence-corrected chi connectivity index (χ2v) is 12.6. The molecule has 0 spiro atoms. The van der Waals surface area contributed by atoms with Crippen LogP contribution < -0.4 is 14.9 Å². The molecule has 44 heavy (non-hydrogen) atoms. The standard InChI is InChI=1S/C36H46N4O4/c1-4-39(31-11-15-43-16-12-31)34-21-30(28-7-5-27(6-8-28)24-38-13-17-44-18-14-38)20-32(26(34)3)36(41)37-22-35-33(29-9-10-29)19-25(2)23-40(35)42/h5-8,19-21,23,29,31H,4,9-18,22,24H2,1-3H3,(H,37,41). The normalized spacial score (nSPS) is 17.9. The van der Waals surface area contributed by atoms with E-state index in [2.05, 4.69) is 65.4 Å². The average molecular weight is 599 g/mol. The third-order valence-corrected chi connectivity index (χ3v) is 9.44. The van der Waals surface area contributed by atoms with Gasteiger partial charge in [-0.3, -0.25) is 9.69 Å². The molecule has 0 radical (unpaired) electrons. The molecule has 1 amide bonds. The van der Waals surface area contributed by atoms with Gasteiger partial charge in [0.05, 0.1) is 13.2 Å². The molecule has 8 heteroatoms. The third kappa shape index (κ3) is 6.93. The topological polar surface area (TPSA) is 81.0 Å². The van der Waals surface area contributed by atoms with Gasteiger partial charge in [-0.25, -0.2) is 0 Å². The van der Waals surface area contributed by atoms with Crippen molar-refractivity contribution < 1.29 is 19.0 Å². The van der Waals surface area contributed by atoms with Crippen LogP contribution in [0.15, 0.2) is 48.7 Å². The van der Waals surface area contributed by atoms with Crippen LogP contribution in [0.5, 0.6) is 0 Å². The first-order valence-corrected chi connectivity index (χ1v) is 16.3. The van der Waals surface area contributed by atoms with Crippen molar-refractivity contribution in [3.05, 3.63) is 87.4 Å². The highest BCUT2D eigenvalue weighted by atomic mass is 16.5. The van der Waals surface area contributed by atoms with Crippen molar-refractivity contribution in [2.75, 3.05) is 51.0 Å². The molecular formula is C36H46N4O4. The van der Waals surface area contributed by atoms with Gasteiger partial charge in [0.15, 0.2) is 6.20 Å². The monoisotopic (exact) mass is 598 g/mol. The number of hydrogen-bond acceptors (Lipinski definition) is 6. The lowest BCUT2D eigenvalue weighted by atomic mass is 9.94. The number of aromatic nitrogens is 1. The first-order chi connectivity index (χ1) is 21.4. The van der Waals surface area contributed by atoms with E-state index in [0.29, 0.717) is 23.2 Å². The first kappa shape index (κ1) is 30.6. The number of morpholine rings is 1. The molecule has 0 bridgehead atoms. The summed E-state index contributed by atoms with van der Waals surface area (Å²) in [6.45, 7) is 13.2. The number of carbonyl (C=O) groups is 1. The average Bonchev–Trinajstić information content (AvgIpc) is 3.89. The van der Waals surface area contributed by atoms with Gasteiger partial charge in [-0.1, -0.05) is 24.3 Å². The molecule has 1 aromatic heterocycles. The van der Waals surface area contributed by atoms with Crippen LogP contribution >= 0.6 is 0 Å². The molecule has 0 atom stereocenters. The maximum absolute atomic E-state index is 13.9. The highest BCUT2D eigenvalue weighted by molar-refractivity contribution is 5.99. The summed E-state index contributed by atoms with van der Waals surface area (Å²) in [7, 11) is 0. The second kappa shape index (κ2) is 13.7. The lowest BCUT2D eigenvalue weighted by Crippen LogP contribution is -2.40. The largest absolute Gasteiger partial charge is 0.618 e. The summed E-state index contributed by atoms with van der Waals surface area (Å²) in [5.41, 5.74) is 8.75. The number of amides is 1. The fraction of sp³-hybridized carbons (Fsp3) is 0.500. The molecule has 2 aromatic carbocycles. The van der Waals surface area contributed by atoms with Crippen LogP contribution in [0.25, 0.3) is 11.1 Å². The smallest absolute Gasteiger partial charge is 0.252 e. The Morgan fingerprint density at radius 1 is 0.977 bits per heavy atom. The molecule has 6 rings (SSSR count). The zero-order chi connectivity index (χ0) is 30.6. The number of nitrogens with zero attached hydrogens (tertiary/aromatic N) is 3. The van der Waals surface area contributed by atoms with E-state index in [1.807, 2.05) is 13.0 Å². The maximum Gasteiger partial charge on any atom is 0.252 e. The SMILES string of the molecule is CCN(c1cc(-c2ccc(CN3CCOCC3)cc2)cc(C(=O)NCc2c(C3CC3)cc(C)c[n+]2[O-])c1C)C1CCOCC1. The summed E-state index contributed by atoms with van der Waals surface area (Å²) in [6, 6.07) is 15.5. The van der Waals surface area contributed by atoms with Gasteiger partial charge >= 0.3 is 0 Å². The first-order valence-electron chi connectivity index (χ1n) is 16.3. The lowest BCUT2D eigenvalue weighted by Gasteiger charge is -2.37. The predicted molar refractivity (Wildman–Crippen MR) is 173 cm³/mol. The third-order valence-electron chi connectivity index (χ3n) is 9.44. The zero-order valence-electron chi connectivity index (χ0n) is 26.4. The van der Waals surface area contributed by atoms with Crippen LogP contribution in [0.2, 0.25) is 0 Å². The Kier molecular flexibility index (Phi) is 9.50. The number of carbonyl (C=O) groups excluding carboxylic acids is 1. The van der Waals surface area contributed by atoms with E-state index in [9.17, 15) is 10.0 Å². The van der Waals surface area contributed by atoms with Crippen molar-refractivity contribution >= 4 is 11.6 Å². The van der Waals surface area contributed by atoms with Crippen molar-refractivity contribution in [2.24, 2.45) is 0 Å². The van der Waals surface area contributed by atoms with Crippen molar-refractivity contribution in [3.8, 4) is 11.1 Å². The molecule has 1 aliphatic carbocycles. The molecule has 3 aromatic rings. The Morgan fingerprint density at radius 2 is 1.68 bits per heavy atom. The van der Waals surface area contributed by atoms with Crippen LogP contribution in [0.3, 0.4) is 0 Å². The van der Waals surface area contributed by atoms with Gasteiger partial charge in [-0.2, -0.15) is 4.73 Å². The van der Waals surface area contributed by atoms with Crippen LogP contribution in [0, 0.1) is 19.1 Å². The highest BCUT2D eigenvalue weighted by Gasteiger charge is 2.31. The van der Waals surface area contributed by atoms with E-state index in [1.54, 1.807) is 6.20 Å². The van der Waals surface area contributed by atoms with E-state index in [4.69, 9.17) is 9.47 Å². The van der Waals surface area contributed by atoms with Gasteiger partial charge < -0.3 is 24.9 Å². The number of nitrogens with one attached hydrogen (secondary N) is 1. The van der Waals surface area contributed by atoms with Gasteiger partial charge in [0.1, 0.15) is 6.54 Å². The van der Waals surface area contributed by atoms with E-state index in [1.165, 1.54) is 5.56 Å². The van der Waals surface area contributed by atoms with Crippen LogP contribution in [0.4, 0.5) is 5.69 Å². The molecule has 3 heterocycles. The Hall–Kier alpha value is -3.46. The number of benzene rings is 2. The number of pyridine rings is 1. The number of hydrogen-bond donors (Lipinski definition) is 1. The van der Waals surface area contributed by atoms with Gasteiger partial charge in [-0.15, -0.1) is 0 Å². The summed E-state index contributed by atoms with van der Waals surface area (Å²) in [5.74, 6) is 0.266. The van der Waals surface area contributed by atoms with E-state index < -0.39 is 0 Å². The van der Waals surface area contributed by atoms with Crippen LogP contribution in [-0.2, 0) is 22.6 Å². The molecule has 1 saturated carbocycles. The molecule has 3 fully saturated rings. The maximum atomic E-state index is 13.9. The number of rotatable bonds is 10. The summed E-state index contributed by atoms with van der Waals surface area (Å²) < 4.78 is 12.1. The predicted octanol–water partition coefficient (Wildman–Crippen LogP) is 5.25.